The van der Waals surface area contributed by atoms with Crippen LogP contribution in [0, 0.1) is 11.6 Å². The molecule has 2 aromatic carbocycles. The molecular formula is C35H44F2N2O7Si. The van der Waals surface area contributed by atoms with Gasteiger partial charge in [0.15, 0.2) is 19.9 Å². The summed E-state index contributed by atoms with van der Waals surface area (Å²) in [7, 11) is -2.16. The highest BCUT2D eigenvalue weighted by molar-refractivity contribution is 6.74. The SMILES string of the molecule is CCOC(=O)c1cn(C2CC2)c2c(OCC[C@H]3C[C@@H](O[Si](C)(C)C(C)(C)C)CN3C(=O)OCc3ccccc3)c(F)c(F)cc2c1=O. The van der Waals surface area contributed by atoms with Crippen LogP contribution in [-0.4, -0.2) is 61.8 Å². The van der Waals surface area contributed by atoms with Crippen LogP contribution in [0.5, 0.6) is 5.75 Å². The van der Waals surface area contributed by atoms with Crippen LogP contribution in [0.2, 0.25) is 18.1 Å². The van der Waals surface area contributed by atoms with Gasteiger partial charge in [0.05, 0.1) is 30.2 Å². The number of aromatic nitrogens is 1. The second-order valence-corrected chi connectivity index (χ2v) is 18.6. The van der Waals surface area contributed by atoms with E-state index in [-0.39, 0.29) is 65.9 Å². The number of fused-ring (bicyclic) bond motifs is 1. The average molecular weight is 671 g/mol. The second kappa shape index (κ2) is 13.8. The quantitative estimate of drug-likeness (QED) is 0.155. The zero-order valence-electron chi connectivity index (χ0n) is 27.9. The van der Waals surface area contributed by atoms with Crippen molar-refractivity contribution in [3.05, 3.63) is 75.6 Å². The molecule has 2 fully saturated rings. The van der Waals surface area contributed by atoms with Gasteiger partial charge in [-0.1, -0.05) is 51.1 Å². The minimum atomic E-state index is -2.16. The number of ether oxygens (including phenoxy) is 3. The maximum absolute atomic E-state index is 15.4. The third-order valence-electron chi connectivity index (χ3n) is 9.38. The summed E-state index contributed by atoms with van der Waals surface area (Å²) in [5.74, 6) is -3.71. The topological polar surface area (TPSA) is 96.3 Å². The Bertz CT molecular complexity index is 1690. The highest BCUT2D eigenvalue weighted by atomic mass is 28.4. The standard InChI is InChI=1S/C35H44F2N2O7Si/c1-7-43-33(41)27-20-38(23-13-14-23)30-26(31(27)40)18-28(36)29(37)32(30)44-16-15-24-17-25(46-47(5,6)35(2,3)4)19-39(24)34(42)45-21-22-11-9-8-10-12-22/h8-12,18,20,23-25H,7,13-17,19,21H2,1-6H3/t24-,25+/m0/s1. The number of pyridine rings is 1. The first-order chi connectivity index (χ1) is 22.2. The van der Waals surface area contributed by atoms with Gasteiger partial charge in [-0.3, -0.25) is 4.79 Å². The molecule has 0 N–H and O–H groups in total. The van der Waals surface area contributed by atoms with Crippen LogP contribution in [0.3, 0.4) is 0 Å². The van der Waals surface area contributed by atoms with E-state index in [1.807, 2.05) is 30.3 Å². The van der Waals surface area contributed by atoms with Gasteiger partial charge in [-0.2, -0.15) is 4.39 Å². The molecule has 9 nitrogen and oxygen atoms in total. The largest absolute Gasteiger partial charge is 0.488 e. The molecule has 0 bridgehead atoms. The van der Waals surface area contributed by atoms with E-state index in [2.05, 4.69) is 33.9 Å². The number of benzene rings is 2. The highest BCUT2D eigenvalue weighted by Crippen LogP contribution is 2.41. The molecule has 2 aliphatic rings. The van der Waals surface area contributed by atoms with Gasteiger partial charge in [0.1, 0.15) is 12.2 Å². The van der Waals surface area contributed by atoms with Crippen LogP contribution in [0.1, 0.15) is 75.3 Å². The van der Waals surface area contributed by atoms with Gasteiger partial charge in [0, 0.05) is 31.2 Å². The number of nitrogens with zero attached hydrogens (tertiary/aromatic N) is 2. The number of hydrogen-bond donors (Lipinski definition) is 0. The van der Waals surface area contributed by atoms with Gasteiger partial charge < -0.3 is 28.1 Å². The molecule has 47 heavy (non-hydrogen) atoms. The van der Waals surface area contributed by atoms with Gasteiger partial charge in [0.25, 0.3) is 0 Å². The lowest BCUT2D eigenvalue weighted by molar-refractivity contribution is 0.0524. The summed E-state index contributed by atoms with van der Waals surface area (Å²) in [4.78, 5) is 40.9. The van der Waals surface area contributed by atoms with E-state index in [4.69, 9.17) is 18.6 Å². The number of carbonyl (C=O) groups is 2. The normalized spacial score (nSPS) is 18.4. The van der Waals surface area contributed by atoms with Crippen LogP contribution in [0.15, 0.2) is 47.4 Å². The van der Waals surface area contributed by atoms with Gasteiger partial charge in [-0.25, -0.2) is 14.0 Å². The van der Waals surface area contributed by atoms with Crippen molar-refractivity contribution in [1.82, 2.24) is 9.47 Å². The van der Waals surface area contributed by atoms with Gasteiger partial charge in [0.2, 0.25) is 11.2 Å². The van der Waals surface area contributed by atoms with Crippen molar-refractivity contribution in [2.75, 3.05) is 19.8 Å². The fourth-order valence-electron chi connectivity index (χ4n) is 5.71. The summed E-state index contributed by atoms with van der Waals surface area (Å²) in [6.45, 7) is 12.8. The van der Waals surface area contributed by atoms with Crippen LogP contribution in [0.4, 0.5) is 13.6 Å². The Morgan fingerprint density at radius 2 is 1.77 bits per heavy atom. The number of carbonyl (C=O) groups excluding carboxylic acids is 2. The molecule has 2 heterocycles. The zero-order chi connectivity index (χ0) is 34.1. The average Bonchev–Trinajstić information content (AvgIpc) is 3.78. The number of hydrogen-bond acceptors (Lipinski definition) is 7. The molecule has 1 saturated heterocycles. The summed E-state index contributed by atoms with van der Waals surface area (Å²) in [6.07, 6.45) is 2.94. The maximum atomic E-state index is 15.4. The molecule has 1 amide bonds. The molecule has 1 saturated carbocycles. The van der Waals surface area contributed by atoms with E-state index in [0.717, 1.165) is 24.5 Å². The first kappa shape index (κ1) is 34.6. The molecule has 12 heteroatoms. The summed E-state index contributed by atoms with van der Waals surface area (Å²) in [5.41, 5.74) is -0.0520. The number of esters is 1. The van der Waals surface area contributed by atoms with Crippen molar-refractivity contribution < 1.29 is 37.0 Å². The molecule has 1 aliphatic heterocycles. The molecule has 0 spiro atoms. The van der Waals surface area contributed by atoms with E-state index in [1.165, 1.54) is 6.20 Å². The van der Waals surface area contributed by atoms with Crippen molar-refractivity contribution in [1.29, 1.82) is 0 Å². The summed E-state index contributed by atoms with van der Waals surface area (Å²) < 4.78 is 55.3. The predicted octanol–water partition coefficient (Wildman–Crippen LogP) is 7.36. The summed E-state index contributed by atoms with van der Waals surface area (Å²) >= 11 is 0. The lowest BCUT2D eigenvalue weighted by atomic mass is 10.1. The Balaban J connectivity index is 1.39. The molecule has 0 radical (unpaired) electrons. The Kier molecular flexibility index (Phi) is 10.1. The number of rotatable bonds is 11. The second-order valence-electron chi connectivity index (χ2n) is 13.8. The zero-order valence-corrected chi connectivity index (χ0v) is 28.9. The molecule has 1 aliphatic carbocycles. The Morgan fingerprint density at radius 3 is 2.40 bits per heavy atom. The van der Waals surface area contributed by atoms with E-state index in [0.29, 0.717) is 13.0 Å². The molecular weight excluding hydrogens is 626 g/mol. The van der Waals surface area contributed by atoms with Crippen LogP contribution in [0.25, 0.3) is 10.9 Å². The minimum absolute atomic E-state index is 0.0344. The fourth-order valence-corrected chi connectivity index (χ4v) is 7.06. The molecule has 2 atom stereocenters. The Hall–Kier alpha value is -3.77. The predicted molar refractivity (Wildman–Crippen MR) is 176 cm³/mol. The number of amides is 1. The van der Waals surface area contributed by atoms with Crippen molar-refractivity contribution >= 4 is 31.3 Å². The van der Waals surface area contributed by atoms with Crippen LogP contribution in [-0.2, 0) is 20.5 Å². The molecule has 3 aromatic rings. The van der Waals surface area contributed by atoms with Crippen molar-refractivity contribution in [2.24, 2.45) is 0 Å². The lowest BCUT2D eigenvalue weighted by Gasteiger charge is -2.38. The van der Waals surface area contributed by atoms with Crippen molar-refractivity contribution in [2.45, 2.75) is 96.3 Å². The number of halogens is 2. The van der Waals surface area contributed by atoms with E-state index < -0.39 is 43.2 Å². The first-order valence-electron chi connectivity index (χ1n) is 16.2. The molecule has 254 valence electrons. The van der Waals surface area contributed by atoms with Crippen molar-refractivity contribution in [3.63, 3.8) is 0 Å². The monoisotopic (exact) mass is 670 g/mol. The first-order valence-corrected chi connectivity index (χ1v) is 19.1. The third kappa shape index (κ3) is 7.54. The van der Waals surface area contributed by atoms with Crippen LogP contribution < -0.4 is 10.2 Å². The van der Waals surface area contributed by atoms with Gasteiger partial charge in [-0.15, -0.1) is 0 Å². The lowest BCUT2D eigenvalue weighted by Crippen LogP contribution is -2.44. The highest BCUT2D eigenvalue weighted by Gasteiger charge is 2.44. The van der Waals surface area contributed by atoms with Crippen LogP contribution >= 0.6 is 0 Å². The molecule has 1 aromatic heterocycles. The van der Waals surface area contributed by atoms with E-state index in [9.17, 15) is 18.8 Å². The Labute approximate surface area is 274 Å². The van der Waals surface area contributed by atoms with Gasteiger partial charge >= 0.3 is 12.1 Å². The summed E-state index contributed by atoms with van der Waals surface area (Å²) in [5, 5.41) is -0.195. The number of likely N-dealkylation sites (tertiary alicyclic amines) is 1. The Morgan fingerprint density at radius 1 is 1.06 bits per heavy atom. The van der Waals surface area contributed by atoms with E-state index in [1.54, 1.807) is 16.4 Å². The minimum Gasteiger partial charge on any atom is -0.488 e. The molecule has 5 rings (SSSR count). The third-order valence-corrected chi connectivity index (χ3v) is 13.9. The summed E-state index contributed by atoms with van der Waals surface area (Å²) in [6, 6.07) is 9.75. The van der Waals surface area contributed by atoms with Gasteiger partial charge in [-0.05, 0) is 55.9 Å². The maximum Gasteiger partial charge on any atom is 0.410 e. The van der Waals surface area contributed by atoms with Crippen molar-refractivity contribution in [3.8, 4) is 5.75 Å². The fraction of sp³-hybridized carbons (Fsp3) is 0.514. The molecule has 0 unspecified atom stereocenters. The smallest absolute Gasteiger partial charge is 0.410 e. The van der Waals surface area contributed by atoms with E-state index >= 15 is 4.39 Å².